The lowest BCUT2D eigenvalue weighted by atomic mass is 9.92. The summed E-state index contributed by atoms with van der Waals surface area (Å²) >= 11 is 0. The summed E-state index contributed by atoms with van der Waals surface area (Å²) in [5.41, 5.74) is 1.49. The van der Waals surface area contributed by atoms with E-state index in [2.05, 4.69) is 5.32 Å². The Morgan fingerprint density at radius 1 is 1.42 bits per heavy atom. The molecule has 19 heavy (non-hydrogen) atoms. The second kappa shape index (κ2) is 4.55. The van der Waals surface area contributed by atoms with Gasteiger partial charge in [0, 0.05) is 23.6 Å². The van der Waals surface area contributed by atoms with Gasteiger partial charge >= 0.3 is 0 Å². The van der Waals surface area contributed by atoms with Crippen molar-refractivity contribution in [2.24, 2.45) is 5.92 Å². The number of rotatable bonds is 1. The Balaban J connectivity index is 1.89. The van der Waals surface area contributed by atoms with Gasteiger partial charge in [0.05, 0.1) is 0 Å². The number of hydrogen-bond donors (Lipinski definition) is 1. The normalized spacial score (nSPS) is 26.7. The Bertz CT molecular complexity index is 699. The molecule has 2 aliphatic heterocycles. The molecule has 0 spiro atoms. The Kier molecular flexibility index (Phi) is 2.87. The third kappa shape index (κ3) is 2.15. The van der Waals surface area contributed by atoms with Crippen LogP contribution in [0.25, 0.3) is 0 Å². The van der Waals surface area contributed by atoms with Gasteiger partial charge in [-0.1, -0.05) is 12.2 Å². The van der Waals surface area contributed by atoms with E-state index in [1.165, 1.54) is 0 Å². The van der Waals surface area contributed by atoms with Crippen molar-refractivity contribution in [3.05, 3.63) is 47.4 Å². The molecule has 1 saturated heterocycles. The van der Waals surface area contributed by atoms with E-state index in [1.54, 1.807) is 12.2 Å². The predicted octanol–water partition coefficient (Wildman–Crippen LogP) is 0.816. The van der Waals surface area contributed by atoms with E-state index in [-0.39, 0.29) is 23.3 Å². The molecule has 0 saturated carbocycles. The highest BCUT2D eigenvalue weighted by molar-refractivity contribution is 7.72. The lowest BCUT2D eigenvalue weighted by molar-refractivity contribution is -0.116. The molecule has 0 bridgehead atoms. The van der Waals surface area contributed by atoms with Crippen LogP contribution in [0, 0.1) is 5.92 Å². The van der Waals surface area contributed by atoms with Crippen molar-refractivity contribution < 1.29 is 17.9 Å². The Labute approximate surface area is 111 Å². The molecule has 98 valence electrons. The SMILES string of the molecule is O=C1NC2=CC=CCC2C1=CC1=CCC(=S(=O)=O)O1. The van der Waals surface area contributed by atoms with Crippen molar-refractivity contribution in [2.75, 3.05) is 0 Å². The number of carbonyl (C=O) groups is 1. The van der Waals surface area contributed by atoms with Crippen LogP contribution >= 0.6 is 0 Å². The Hall–Kier alpha value is -2.08. The highest BCUT2D eigenvalue weighted by atomic mass is 32.2. The van der Waals surface area contributed by atoms with E-state index in [9.17, 15) is 13.2 Å². The minimum atomic E-state index is -2.34. The number of fused-ring (bicyclic) bond motifs is 1. The molecular formula is C13H11NO4S. The topological polar surface area (TPSA) is 72.5 Å². The maximum atomic E-state index is 11.9. The molecule has 0 aromatic heterocycles. The minimum Gasteiger partial charge on any atom is -0.445 e. The number of allylic oxidation sites excluding steroid dienone is 5. The quantitative estimate of drug-likeness (QED) is 0.569. The van der Waals surface area contributed by atoms with E-state index in [1.807, 2.05) is 18.2 Å². The first-order valence-corrected chi connectivity index (χ1v) is 6.95. The first-order chi connectivity index (χ1) is 9.15. The third-order valence-electron chi connectivity index (χ3n) is 3.24. The number of ether oxygens (including phenoxy) is 1. The summed E-state index contributed by atoms with van der Waals surface area (Å²) < 4.78 is 26.7. The van der Waals surface area contributed by atoms with Gasteiger partial charge in [-0.2, -0.15) is 8.42 Å². The number of amides is 1. The van der Waals surface area contributed by atoms with Gasteiger partial charge in [0.2, 0.25) is 5.05 Å². The van der Waals surface area contributed by atoms with Gasteiger partial charge in [-0.25, -0.2) is 0 Å². The zero-order chi connectivity index (χ0) is 13.4. The average Bonchev–Trinajstić information content (AvgIpc) is 2.96. The fourth-order valence-corrected chi connectivity index (χ4v) is 2.71. The molecule has 1 fully saturated rings. The molecule has 1 N–H and O–H groups in total. The highest BCUT2D eigenvalue weighted by Crippen LogP contribution is 2.33. The molecule has 1 unspecified atom stereocenters. The summed E-state index contributed by atoms with van der Waals surface area (Å²) in [6.45, 7) is 0. The van der Waals surface area contributed by atoms with Crippen LogP contribution in [-0.2, 0) is 19.8 Å². The fraction of sp³-hybridized carbons (Fsp3) is 0.231. The number of carbonyl (C=O) groups excluding carboxylic acids is 1. The van der Waals surface area contributed by atoms with Gasteiger partial charge in [-0.15, -0.1) is 0 Å². The van der Waals surface area contributed by atoms with Gasteiger partial charge in [0.1, 0.15) is 5.76 Å². The molecule has 0 aromatic carbocycles. The van der Waals surface area contributed by atoms with Crippen molar-refractivity contribution in [2.45, 2.75) is 12.8 Å². The molecule has 5 nitrogen and oxygen atoms in total. The molecule has 1 atom stereocenters. The van der Waals surface area contributed by atoms with Crippen molar-refractivity contribution >= 4 is 21.3 Å². The maximum Gasteiger partial charge on any atom is 0.253 e. The summed E-state index contributed by atoms with van der Waals surface area (Å²) in [5.74, 6) is 0.282. The van der Waals surface area contributed by atoms with Crippen LogP contribution in [0.3, 0.4) is 0 Å². The standard InChI is InChI=1S/C13H11NO4S/c15-13-10(9-3-1-2-4-11(9)14-13)7-8-5-6-12(18-8)19(16)17/h1-2,4-5,7,9H,3,6H2,(H,14,15). The van der Waals surface area contributed by atoms with Crippen LogP contribution in [0.2, 0.25) is 0 Å². The first-order valence-electron chi connectivity index (χ1n) is 5.88. The molecule has 6 heteroatoms. The largest absolute Gasteiger partial charge is 0.445 e. The maximum absolute atomic E-state index is 11.9. The summed E-state index contributed by atoms with van der Waals surface area (Å²) in [6.07, 6.45) is 10.1. The van der Waals surface area contributed by atoms with Crippen molar-refractivity contribution in [1.82, 2.24) is 5.32 Å². The second-order valence-electron chi connectivity index (χ2n) is 4.41. The van der Waals surface area contributed by atoms with Crippen molar-refractivity contribution in [3.63, 3.8) is 0 Å². The van der Waals surface area contributed by atoms with Gasteiger partial charge in [-0.3, -0.25) is 4.79 Å². The smallest absolute Gasteiger partial charge is 0.253 e. The zero-order valence-corrected chi connectivity index (χ0v) is 10.7. The van der Waals surface area contributed by atoms with Gasteiger partial charge in [-0.05, 0) is 24.6 Å². The zero-order valence-electron chi connectivity index (χ0n) is 9.92. The molecule has 3 aliphatic rings. The van der Waals surface area contributed by atoms with Crippen LogP contribution in [0.1, 0.15) is 12.8 Å². The van der Waals surface area contributed by atoms with Crippen LogP contribution in [0.15, 0.2) is 47.4 Å². The van der Waals surface area contributed by atoms with Crippen LogP contribution in [0.4, 0.5) is 0 Å². The number of nitrogens with one attached hydrogen (secondary N) is 1. The monoisotopic (exact) mass is 277 g/mol. The molecule has 2 heterocycles. The summed E-state index contributed by atoms with van der Waals surface area (Å²) in [7, 11) is -2.34. The first kappa shape index (κ1) is 12.0. The van der Waals surface area contributed by atoms with Gasteiger partial charge in [0.25, 0.3) is 16.2 Å². The summed E-state index contributed by atoms with van der Waals surface area (Å²) in [5, 5.41) is 2.80. The van der Waals surface area contributed by atoms with Crippen LogP contribution in [0.5, 0.6) is 0 Å². The third-order valence-corrected chi connectivity index (χ3v) is 3.86. The highest BCUT2D eigenvalue weighted by Gasteiger charge is 2.33. The minimum absolute atomic E-state index is 0.00967. The summed E-state index contributed by atoms with van der Waals surface area (Å²) in [6, 6.07) is 0. The molecule has 0 aromatic rings. The molecule has 1 amide bonds. The average molecular weight is 277 g/mol. The van der Waals surface area contributed by atoms with Crippen LogP contribution in [-0.4, -0.2) is 19.4 Å². The number of hydrogen-bond acceptors (Lipinski definition) is 4. The molecule has 3 rings (SSSR count). The lowest BCUT2D eigenvalue weighted by Crippen LogP contribution is -2.13. The Morgan fingerprint density at radius 2 is 2.26 bits per heavy atom. The van der Waals surface area contributed by atoms with E-state index < -0.39 is 10.3 Å². The van der Waals surface area contributed by atoms with E-state index >= 15 is 0 Å². The second-order valence-corrected chi connectivity index (χ2v) is 5.34. The van der Waals surface area contributed by atoms with Crippen LogP contribution < -0.4 is 5.32 Å². The van der Waals surface area contributed by atoms with E-state index in [4.69, 9.17) is 4.74 Å². The Morgan fingerprint density at radius 3 is 3.00 bits per heavy atom. The molecule has 0 radical (unpaired) electrons. The fourth-order valence-electron chi connectivity index (χ4n) is 2.32. The van der Waals surface area contributed by atoms with Gasteiger partial charge < -0.3 is 10.1 Å². The summed E-state index contributed by atoms with van der Waals surface area (Å²) in [4.78, 5) is 11.9. The molecule has 1 aliphatic carbocycles. The van der Waals surface area contributed by atoms with Crippen molar-refractivity contribution in [1.29, 1.82) is 0 Å². The van der Waals surface area contributed by atoms with E-state index in [0.29, 0.717) is 11.3 Å². The lowest BCUT2D eigenvalue weighted by Gasteiger charge is -2.11. The van der Waals surface area contributed by atoms with Gasteiger partial charge in [0.15, 0.2) is 0 Å². The molecular weight excluding hydrogens is 266 g/mol. The van der Waals surface area contributed by atoms with E-state index in [0.717, 1.165) is 12.1 Å². The predicted molar refractivity (Wildman–Crippen MR) is 69.3 cm³/mol. The van der Waals surface area contributed by atoms with Crippen molar-refractivity contribution in [3.8, 4) is 0 Å².